The predicted molar refractivity (Wildman–Crippen MR) is 94.4 cm³/mol. The Bertz CT molecular complexity index is 790. The molecule has 0 aromatic heterocycles. The molecule has 0 radical (unpaired) electrons. The summed E-state index contributed by atoms with van der Waals surface area (Å²) in [5.74, 6) is -1.30. The Kier molecular flexibility index (Phi) is 5.45. The van der Waals surface area contributed by atoms with Crippen LogP contribution in [-0.4, -0.2) is 28.4 Å². The molecule has 1 aromatic rings. The van der Waals surface area contributed by atoms with Crippen LogP contribution in [0.4, 0.5) is 18.9 Å². The van der Waals surface area contributed by atoms with Crippen molar-refractivity contribution in [2.45, 2.75) is 31.9 Å². The SMILES string of the molecule is O=C(CSC1=NC(=O)C2CCCCC2=N1)Nc1ccccc1C(F)(F)F. The van der Waals surface area contributed by atoms with E-state index in [9.17, 15) is 22.8 Å². The fourth-order valence-corrected chi connectivity index (χ4v) is 3.60. The minimum absolute atomic E-state index is 0.181. The van der Waals surface area contributed by atoms with Gasteiger partial charge in [0.15, 0.2) is 5.17 Å². The van der Waals surface area contributed by atoms with Gasteiger partial charge in [0, 0.05) is 5.71 Å². The van der Waals surface area contributed by atoms with Gasteiger partial charge in [-0.25, -0.2) is 4.99 Å². The van der Waals surface area contributed by atoms with Crippen LogP contribution in [0.5, 0.6) is 0 Å². The number of anilines is 1. The second kappa shape index (κ2) is 7.61. The molecule has 1 unspecified atom stereocenters. The third kappa shape index (κ3) is 4.32. The number of amidine groups is 1. The van der Waals surface area contributed by atoms with Crippen LogP contribution in [0.2, 0.25) is 0 Å². The molecule has 1 saturated carbocycles. The topological polar surface area (TPSA) is 70.9 Å². The van der Waals surface area contributed by atoms with Crippen molar-refractivity contribution in [2.75, 3.05) is 11.1 Å². The van der Waals surface area contributed by atoms with Gasteiger partial charge in [-0.05, 0) is 31.4 Å². The first-order valence-corrected chi connectivity index (χ1v) is 9.12. The molecule has 3 rings (SSSR count). The number of carbonyl (C=O) groups excluding carboxylic acids is 2. The van der Waals surface area contributed by atoms with Gasteiger partial charge in [0.25, 0.3) is 5.91 Å². The van der Waals surface area contributed by atoms with Crippen LogP contribution in [0.1, 0.15) is 31.2 Å². The van der Waals surface area contributed by atoms with Crippen LogP contribution in [-0.2, 0) is 15.8 Å². The number of carbonyl (C=O) groups is 2. The van der Waals surface area contributed by atoms with Crippen molar-refractivity contribution in [3.05, 3.63) is 29.8 Å². The molecular formula is C17H16F3N3O2S. The van der Waals surface area contributed by atoms with E-state index in [0.29, 0.717) is 0 Å². The van der Waals surface area contributed by atoms with E-state index in [2.05, 4.69) is 15.3 Å². The maximum absolute atomic E-state index is 12.9. The van der Waals surface area contributed by atoms with Crippen molar-refractivity contribution in [3.63, 3.8) is 0 Å². The fourth-order valence-electron chi connectivity index (χ4n) is 2.94. The normalized spacial score (nSPS) is 20.1. The standard InChI is InChI=1S/C17H16F3N3O2S/c18-17(19,20)11-6-2-4-8-13(11)21-14(24)9-26-16-22-12-7-3-1-5-10(12)15(25)23-16/h2,4,6,8,10H,1,3,5,7,9H2,(H,21,24). The number of amides is 2. The van der Waals surface area contributed by atoms with Gasteiger partial charge in [0.2, 0.25) is 5.91 Å². The summed E-state index contributed by atoms with van der Waals surface area (Å²) in [5, 5.41) is 2.45. The Labute approximate surface area is 152 Å². The molecule has 2 amide bonds. The first kappa shape index (κ1) is 18.6. The van der Waals surface area contributed by atoms with Gasteiger partial charge in [-0.15, -0.1) is 0 Å². The van der Waals surface area contributed by atoms with Crippen LogP contribution >= 0.6 is 11.8 Å². The molecule has 0 bridgehead atoms. The molecule has 1 fully saturated rings. The summed E-state index contributed by atoms with van der Waals surface area (Å²) >= 11 is 0.946. The molecule has 1 aliphatic carbocycles. The Morgan fingerprint density at radius 1 is 1.23 bits per heavy atom. The first-order chi connectivity index (χ1) is 12.3. The lowest BCUT2D eigenvalue weighted by molar-refractivity contribution is -0.137. The summed E-state index contributed by atoms with van der Waals surface area (Å²) in [6.45, 7) is 0. The van der Waals surface area contributed by atoms with Crippen molar-refractivity contribution < 1.29 is 22.8 Å². The Balaban J connectivity index is 1.62. The molecule has 9 heteroatoms. The minimum atomic E-state index is -4.56. The molecule has 0 saturated heterocycles. The highest BCUT2D eigenvalue weighted by atomic mass is 32.2. The third-order valence-electron chi connectivity index (χ3n) is 4.16. The quantitative estimate of drug-likeness (QED) is 0.860. The fraction of sp³-hybridized carbons (Fsp3) is 0.412. The summed E-state index contributed by atoms with van der Waals surface area (Å²) < 4.78 is 38.8. The van der Waals surface area contributed by atoms with Crippen LogP contribution in [0.15, 0.2) is 34.3 Å². The molecule has 1 aromatic carbocycles. The van der Waals surface area contributed by atoms with Crippen molar-refractivity contribution in [1.29, 1.82) is 0 Å². The van der Waals surface area contributed by atoms with Crippen LogP contribution in [0.25, 0.3) is 0 Å². The predicted octanol–water partition coefficient (Wildman–Crippen LogP) is 3.90. The smallest absolute Gasteiger partial charge is 0.325 e. The van der Waals surface area contributed by atoms with Crippen molar-refractivity contribution in [1.82, 2.24) is 0 Å². The molecule has 5 nitrogen and oxygen atoms in total. The lowest BCUT2D eigenvalue weighted by Crippen LogP contribution is -2.30. The number of rotatable bonds is 3. The van der Waals surface area contributed by atoms with E-state index >= 15 is 0 Å². The average molecular weight is 383 g/mol. The highest BCUT2D eigenvalue weighted by Gasteiger charge is 2.34. The number of hydrogen-bond acceptors (Lipinski definition) is 4. The highest BCUT2D eigenvalue weighted by molar-refractivity contribution is 8.14. The monoisotopic (exact) mass is 383 g/mol. The summed E-state index contributed by atoms with van der Waals surface area (Å²) in [4.78, 5) is 32.3. The van der Waals surface area contributed by atoms with Crippen molar-refractivity contribution in [2.24, 2.45) is 15.9 Å². The first-order valence-electron chi connectivity index (χ1n) is 8.13. The van der Waals surface area contributed by atoms with E-state index in [1.165, 1.54) is 18.2 Å². The van der Waals surface area contributed by atoms with E-state index in [0.717, 1.165) is 49.2 Å². The molecule has 1 heterocycles. The van der Waals surface area contributed by atoms with Gasteiger partial charge in [-0.2, -0.15) is 18.2 Å². The lowest BCUT2D eigenvalue weighted by Gasteiger charge is -2.24. The van der Waals surface area contributed by atoms with Gasteiger partial charge in [-0.1, -0.05) is 30.3 Å². The van der Waals surface area contributed by atoms with Crippen LogP contribution in [0.3, 0.4) is 0 Å². The van der Waals surface area contributed by atoms with Crippen molar-refractivity contribution in [3.8, 4) is 0 Å². The molecule has 26 heavy (non-hydrogen) atoms. The number of hydrogen-bond donors (Lipinski definition) is 1. The van der Waals surface area contributed by atoms with Crippen molar-refractivity contribution >= 4 is 40.1 Å². The maximum Gasteiger partial charge on any atom is 0.418 e. The van der Waals surface area contributed by atoms with E-state index < -0.39 is 17.6 Å². The summed E-state index contributed by atoms with van der Waals surface area (Å²) in [6.07, 6.45) is -1.14. The largest absolute Gasteiger partial charge is 0.418 e. The minimum Gasteiger partial charge on any atom is -0.325 e. The number of aliphatic imine (C=N–C) groups is 2. The Morgan fingerprint density at radius 2 is 2.00 bits per heavy atom. The molecule has 2 aliphatic rings. The Morgan fingerprint density at radius 3 is 2.77 bits per heavy atom. The number of nitrogens with one attached hydrogen (secondary N) is 1. The number of benzene rings is 1. The number of alkyl halides is 3. The Hall–Kier alpha value is -2.16. The second-order valence-electron chi connectivity index (χ2n) is 6.01. The maximum atomic E-state index is 12.9. The molecule has 1 atom stereocenters. The number of thioether (sulfide) groups is 1. The number of halogens is 3. The van der Waals surface area contributed by atoms with Gasteiger partial charge < -0.3 is 5.32 Å². The molecule has 1 aliphatic heterocycles. The number of fused-ring (bicyclic) bond motifs is 1. The van der Waals surface area contributed by atoms with E-state index in [1.807, 2.05) is 0 Å². The van der Waals surface area contributed by atoms with E-state index in [-0.39, 0.29) is 28.4 Å². The summed E-state index contributed by atoms with van der Waals surface area (Å²) in [6, 6.07) is 4.77. The third-order valence-corrected chi connectivity index (χ3v) is 5.01. The van der Waals surface area contributed by atoms with Gasteiger partial charge in [0.05, 0.1) is 22.9 Å². The summed E-state index contributed by atoms with van der Waals surface area (Å²) in [5.41, 5.74) is -0.415. The zero-order chi connectivity index (χ0) is 18.7. The highest BCUT2D eigenvalue weighted by Crippen LogP contribution is 2.34. The number of nitrogens with zero attached hydrogens (tertiary/aromatic N) is 2. The van der Waals surface area contributed by atoms with Crippen LogP contribution in [0, 0.1) is 5.92 Å². The zero-order valence-electron chi connectivity index (χ0n) is 13.7. The molecule has 138 valence electrons. The summed E-state index contributed by atoms with van der Waals surface area (Å²) in [7, 11) is 0. The second-order valence-corrected chi connectivity index (χ2v) is 6.96. The zero-order valence-corrected chi connectivity index (χ0v) is 14.5. The van der Waals surface area contributed by atoms with Gasteiger partial charge in [-0.3, -0.25) is 9.59 Å². The van der Waals surface area contributed by atoms with E-state index in [1.54, 1.807) is 0 Å². The number of para-hydroxylation sites is 1. The van der Waals surface area contributed by atoms with Gasteiger partial charge >= 0.3 is 6.18 Å². The van der Waals surface area contributed by atoms with Gasteiger partial charge in [0.1, 0.15) is 0 Å². The average Bonchev–Trinajstić information content (AvgIpc) is 2.60. The van der Waals surface area contributed by atoms with E-state index in [4.69, 9.17) is 0 Å². The molecule has 1 N–H and O–H groups in total. The molecular weight excluding hydrogens is 367 g/mol. The molecule has 0 spiro atoms. The lowest BCUT2D eigenvalue weighted by atomic mass is 9.86. The van der Waals surface area contributed by atoms with Crippen LogP contribution < -0.4 is 5.32 Å².